The number of halogens is 4. The lowest BCUT2D eigenvalue weighted by atomic mass is 10.0. The van der Waals surface area contributed by atoms with E-state index in [0.717, 1.165) is 0 Å². The number of carbonyl (C=O) groups excluding carboxylic acids is 1. The van der Waals surface area contributed by atoms with Gasteiger partial charge in [-0.15, -0.1) is 0 Å². The number of aromatic nitrogens is 2. The molecule has 118 valence electrons. The molecule has 0 spiro atoms. The van der Waals surface area contributed by atoms with Gasteiger partial charge in [-0.2, -0.15) is 13.8 Å². The van der Waals surface area contributed by atoms with E-state index >= 15 is 0 Å². The highest BCUT2D eigenvalue weighted by molar-refractivity contribution is 5.85. The molecule has 0 amide bonds. The Labute approximate surface area is 116 Å². The molecule has 1 aromatic heterocycles. The molecule has 0 N–H and O–H groups in total. The van der Waals surface area contributed by atoms with Gasteiger partial charge in [0.15, 0.2) is 5.82 Å². The van der Waals surface area contributed by atoms with Gasteiger partial charge in [-0.3, -0.25) is 4.79 Å². The van der Waals surface area contributed by atoms with Crippen LogP contribution in [0.5, 0.6) is 0 Å². The molecule has 0 bridgehead atoms. The summed E-state index contributed by atoms with van der Waals surface area (Å²) in [5.74, 6) is -5.16. The third-order valence-corrected chi connectivity index (χ3v) is 2.79. The summed E-state index contributed by atoms with van der Waals surface area (Å²) in [5.41, 5.74) is 0. The Bertz CT molecular complexity index is 494. The van der Waals surface area contributed by atoms with Crippen LogP contribution in [0.3, 0.4) is 0 Å². The zero-order chi connectivity index (χ0) is 15.5. The Hall–Kier alpha value is -1.55. The minimum atomic E-state index is -4.24. The summed E-state index contributed by atoms with van der Waals surface area (Å²) in [5, 5.41) is 3.44. The van der Waals surface area contributed by atoms with Gasteiger partial charge in [0.2, 0.25) is 5.89 Å². The first-order valence-corrected chi connectivity index (χ1v) is 6.07. The van der Waals surface area contributed by atoms with Crippen molar-refractivity contribution in [2.24, 2.45) is 0 Å². The van der Waals surface area contributed by atoms with Crippen LogP contribution in [-0.4, -0.2) is 48.1 Å². The predicted molar refractivity (Wildman–Crippen MR) is 58.1 cm³/mol. The van der Waals surface area contributed by atoms with Gasteiger partial charge >= 0.3 is 12.3 Å². The molecular weight excluding hydrogens is 300 g/mol. The van der Waals surface area contributed by atoms with Gasteiger partial charge in [0, 0.05) is 6.42 Å². The molecule has 1 saturated heterocycles. The number of nitrogens with zero attached hydrogens (tertiary/aromatic N) is 2. The van der Waals surface area contributed by atoms with Gasteiger partial charge in [-0.1, -0.05) is 5.16 Å². The van der Waals surface area contributed by atoms with Crippen LogP contribution < -0.4 is 0 Å². The second-order valence-electron chi connectivity index (χ2n) is 4.45. The fourth-order valence-corrected chi connectivity index (χ4v) is 1.66. The van der Waals surface area contributed by atoms with Crippen LogP contribution in [0.4, 0.5) is 17.6 Å². The molecule has 1 atom stereocenters. The molecule has 1 aromatic rings. The molecule has 2 heterocycles. The molecular formula is C11H12F4N2O4. The lowest BCUT2D eigenvalue weighted by Crippen LogP contribution is -2.32. The molecule has 2 rings (SSSR count). The summed E-state index contributed by atoms with van der Waals surface area (Å²) in [6.07, 6.45) is -3.59. The fourth-order valence-electron chi connectivity index (χ4n) is 1.66. The van der Waals surface area contributed by atoms with Crippen LogP contribution in [0.25, 0.3) is 0 Å². The van der Waals surface area contributed by atoms with Crippen molar-refractivity contribution < 1.29 is 36.4 Å². The van der Waals surface area contributed by atoms with Crippen LogP contribution in [0.2, 0.25) is 0 Å². The van der Waals surface area contributed by atoms with E-state index in [1.807, 2.05) is 0 Å². The summed E-state index contributed by atoms with van der Waals surface area (Å²) < 4.78 is 63.4. The first-order chi connectivity index (χ1) is 9.90. The Balaban J connectivity index is 1.87. The second kappa shape index (κ2) is 6.48. The molecule has 0 aromatic carbocycles. The van der Waals surface area contributed by atoms with Crippen molar-refractivity contribution in [1.82, 2.24) is 10.1 Å². The van der Waals surface area contributed by atoms with E-state index in [-0.39, 0.29) is 30.5 Å². The maximum Gasteiger partial charge on any atom is 0.330 e. The average molecular weight is 312 g/mol. The number of hydrogen-bond donors (Lipinski definition) is 0. The first-order valence-electron chi connectivity index (χ1n) is 6.07. The predicted octanol–water partition coefficient (Wildman–Crippen LogP) is 1.56. The summed E-state index contributed by atoms with van der Waals surface area (Å²) in [4.78, 5) is 15.4. The summed E-state index contributed by atoms with van der Waals surface area (Å²) in [6.45, 7) is -1.56. The summed E-state index contributed by atoms with van der Waals surface area (Å²) in [6, 6.07) is 0. The number of rotatable bonds is 6. The molecule has 6 nitrogen and oxygen atoms in total. The smallest absolute Gasteiger partial charge is 0.330 e. The van der Waals surface area contributed by atoms with Crippen LogP contribution in [0.15, 0.2) is 4.52 Å². The lowest BCUT2D eigenvalue weighted by Gasteiger charge is -2.17. The fraction of sp³-hybridized carbons (Fsp3) is 0.727. The molecule has 1 unspecified atom stereocenters. The standard InChI is InChI=1S/C11H12F4N2O4/c12-10(13)11(14,15)5-20-4-8-16-9(21-17-8)6-3-19-2-1-7(6)18/h6,10H,1-5H2. The van der Waals surface area contributed by atoms with Crippen molar-refractivity contribution in [1.29, 1.82) is 0 Å². The minimum absolute atomic E-state index is 0.00100. The van der Waals surface area contributed by atoms with Gasteiger partial charge in [0.25, 0.3) is 0 Å². The largest absolute Gasteiger partial charge is 0.380 e. The van der Waals surface area contributed by atoms with E-state index in [4.69, 9.17) is 9.26 Å². The maximum atomic E-state index is 12.6. The zero-order valence-corrected chi connectivity index (χ0v) is 10.7. The maximum absolute atomic E-state index is 12.6. The van der Waals surface area contributed by atoms with Crippen molar-refractivity contribution in [2.45, 2.75) is 31.3 Å². The average Bonchev–Trinajstić information content (AvgIpc) is 2.87. The highest BCUT2D eigenvalue weighted by Crippen LogP contribution is 2.24. The summed E-state index contributed by atoms with van der Waals surface area (Å²) >= 11 is 0. The van der Waals surface area contributed by atoms with E-state index in [0.29, 0.717) is 6.61 Å². The van der Waals surface area contributed by atoms with Gasteiger partial charge in [-0.25, -0.2) is 8.78 Å². The lowest BCUT2D eigenvalue weighted by molar-refractivity contribution is -0.168. The highest BCUT2D eigenvalue weighted by atomic mass is 19.3. The van der Waals surface area contributed by atoms with E-state index in [9.17, 15) is 22.4 Å². The van der Waals surface area contributed by atoms with E-state index in [2.05, 4.69) is 14.9 Å². The molecule has 21 heavy (non-hydrogen) atoms. The Morgan fingerprint density at radius 2 is 2.19 bits per heavy atom. The topological polar surface area (TPSA) is 74.5 Å². The highest BCUT2D eigenvalue weighted by Gasteiger charge is 2.41. The van der Waals surface area contributed by atoms with Crippen LogP contribution in [0, 0.1) is 0 Å². The third-order valence-electron chi connectivity index (χ3n) is 2.79. The number of carbonyl (C=O) groups is 1. The van der Waals surface area contributed by atoms with Gasteiger partial charge in [-0.05, 0) is 0 Å². The first kappa shape index (κ1) is 15.8. The molecule has 0 saturated carbocycles. The van der Waals surface area contributed by atoms with Gasteiger partial charge in [0.1, 0.15) is 24.9 Å². The molecule has 1 aliphatic heterocycles. The number of ether oxygens (including phenoxy) is 2. The van der Waals surface area contributed by atoms with Gasteiger partial charge < -0.3 is 14.0 Å². The van der Waals surface area contributed by atoms with E-state index in [1.165, 1.54) is 0 Å². The third kappa shape index (κ3) is 3.97. The van der Waals surface area contributed by atoms with Crippen molar-refractivity contribution in [3.8, 4) is 0 Å². The van der Waals surface area contributed by atoms with E-state index in [1.54, 1.807) is 0 Å². The van der Waals surface area contributed by atoms with Crippen LogP contribution in [-0.2, 0) is 20.9 Å². The SMILES string of the molecule is O=C1CCOCC1c1nc(COCC(F)(F)C(F)F)no1. The molecule has 0 aliphatic carbocycles. The van der Waals surface area contributed by atoms with E-state index < -0.39 is 31.5 Å². The molecule has 10 heteroatoms. The van der Waals surface area contributed by atoms with Crippen LogP contribution in [0.1, 0.15) is 24.1 Å². The quantitative estimate of drug-likeness (QED) is 0.742. The van der Waals surface area contributed by atoms with Crippen molar-refractivity contribution in [3.63, 3.8) is 0 Å². The van der Waals surface area contributed by atoms with Crippen LogP contribution >= 0.6 is 0 Å². The number of alkyl halides is 4. The van der Waals surface area contributed by atoms with Crippen molar-refractivity contribution >= 4 is 5.78 Å². The molecule has 1 aliphatic rings. The van der Waals surface area contributed by atoms with Gasteiger partial charge in [0.05, 0.1) is 13.2 Å². The Kier molecular flexibility index (Phi) is 4.88. The van der Waals surface area contributed by atoms with Crippen molar-refractivity contribution in [3.05, 3.63) is 11.7 Å². The minimum Gasteiger partial charge on any atom is -0.380 e. The zero-order valence-electron chi connectivity index (χ0n) is 10.7. The number of hydrogen-bond acceptors (Lipinski definition) is 6. The van der Waals surface area contributed by atoms with Crippen molar-refractivity contribution in [2.75, 3.05) is 19.8 Å². The summed E-state index contributed by atoms with van der Waals surface area (Å²) in [7, 11) is 0. The monoisotopic (exact) mass is 312 g/mol. The normalized spacial score (nSPS) is 20.2. The number of Topliss-reactive ketones (excluding diaryl/α,β-unsaturated/α-hetero) is 1. The Morgan fingerprint density at radius 1 is 1.43 bits per heavy atom. The molecule has 1 fully saturated rings. The Morgan fingerprint density at radius 3 is 2.86 bits per heavy atom. The second-order valence-corrected chi connectivity index (χ2v) is 4.45. The number of ketones is 1. The molecule has 0 radical (unpaired) electrons.